The largest absolute Gasteiger partial charge is 0.356 e. The number of amides is 1. The maximum absolute atomic E-state index is 11.9. The van der Waals surface area contributed by atoms with Gasteiger partial charge < -0.3 is 5.32 Å². The molecule has 130 valence electrons. The summed E-state index contributed by atoms with van der Waals surface area (Å²) in [5, 5.41) is 2.86. The summed E-state index contributed by atoms with van der Waals surface area (Å²) in [6, 6.07) is 10.3. The van der Waals surface area contributed by atoms with Gasteiger partial charge in [0.25, 0.3) is 0 Å². The minimum absolute atomic E-state index is 0.0348. The van der Waals surface area contributed by atoms with Gasteiger partial charge in [0.1, 0.15) is 0 Å². The van der Waals surface area contributed by atoms with Crippen molar-refractivity contribution in [1.82, 2.24) is 9.62 Å². The molecule has 6 heteroatoms. The molecule has 0 aliphatic heterocycles. The van der Waals surface area contributed by atoms with Gasteiger partial charge in [0.15, 0.2) is 0 Å². The fraction of sp³-hybridized carbons (Fsp3) is 0.588. The summed E-state index contributed by atoms with van der Waals surface area (Å²) in [6.45, 7) is 3.01. The van der Waals surface area contributed by atoms with Gasteiger partial charge in [0, 0.05) is 26.6 Å². The van der Waals surface area contributed by atoms with E-state index in [0.717, 1.165) is 12.8 Å². The van der Waals surface area contributed by atoms with Gasteiger partial charge in [-0.05, 0) is 30.7 Å². The van der Waals surface area contributed by atoms with Crippen LogP contribution in [0.4, 0.5) is 0 Å². The van der Waals surface area contributed by atoms with Crippen LogP contribution < -0.4 is 5.32 Å². The van der Waals surface area contributed by atoms with Gasteiger partial charge in [-0.25, -0.2) is 12.7 Å². The van der Waals surface area contributed by atoms with E-state index in [0.29, 0.717) is 31.8 Å². The lowest BCUT2D eigenvalue weighted by atomic mass is 9.98. The molecule has 1 aromatic carbocycles. The first kappa shape index (κ1) is 19.6. The standard InChI is InChI=1S/C17H28N2O3S/c1-15(10-11-16-8-5-4-6-9-16)14-17(20)18-12-7-13-19(2)23(3,21)22/h4-6,8-9,15H,7,10-14H2,1-3H3,(H,18,20). The van der Waals surface area contributed by atoms with Crippen LogP contribution in [0.3, 0.4) is 0 Å². The predicted molar refractivity (Wildman–Crippen MR) is 93.6 cm³/mol. The first-order chi connectivity index (χ1) is 10.8. The Labute approximate surface area is 140 Å². The summed E-state index contributed by atoms with van der Waals surface area (Å²) in [4.78, 5) is 11.9. The molecule has 1 unspecified atom stereocenters. The summed E-state index contributed by atoms with van der Waals surface area (Å²) in [5.74, 6) is 0.362. The Kier molecular flexibility index (Phi) is 8.26. The summed E-state index contributed by atoms with van der Waals surface area (Å²) in [5.41, 5.74) is 1.29. The van der Waals surface area contributed by atoms with Crippen molar-refractivity contribution >= 4 is 15.9 Å². The molecule has 5 nitrogen and oxygen atoms in total. The fourth-order valence-corrected chi connectivity index (χ4v) is 2.70. The molecule has 0 saturated heterocycles. The van der Waals surface area contributed by atoms with Gasteiger partial charge in [0.2, 0.25) is 15.9 Å². The zero-order chi connectivity index (χ0) is 17.3. The molecule has 0 aromatic heterocycles. The molecule has 0 bridgehead atoms. The molecule has 1 rings (SSSR count). The highest BCUT2D eigenvalue weighted by molar-refractivity contribution is 7.88. The van der Waals surface area contributed by atoms with E-state index in [-0.39, 0.29) is 5.91 Å². The number of nitrogens with one attached hydrogen (secondary N) is 1. The van der Waals surface area contributed by atoms with Crippen molar-refractivity contribution in [3.05, 3.63) is 35.9 Å². The number of carbonyl (C=O) groups is 1. The molecule has 1 N–H and O–H groups in total. The van der Waals surface area contributed by atoms with E-state index in [2.05, 4.69) is 24.4 Å². The van der Waals surface area contributed by atoms with Crippen LogP contribution in [0.1, 0.15) is 31.7 Å². The van der Waals surface area contributed by atoms with Gasteiger partial charge in [0.05, 0.1) is 6.26 Å². The van der Waals surface area contributed by atoms with E-state index >= 15 is 0 Å². The highest BCUT2D eigenvalue weighted by Gasteiger charge is 2.11. The van der Waals surface area contributed by atoms with E-state index in [4.69, 9.17) is 0 Å². The SMILES string of the molecule is CC(CCc1ccccc1)CC(=O)NCCCN(C)S(C)(=O)=O. The lowest BCUT2D eigenvalue weighted by molar-refractivity contribution is -0.121. The van der Waals surface area contributed by atoms with Gasteiger partial charge in [-0.3, -0.25) is 4.79 Å². The summed E-state index contributed by atoms with van der Waals surface area (Å²) < 4.78 is 23.8. The average molecular weight is 340 g/mol. The van der Waals surface area contributed by atoms with E-state index in [1.54, 1.807) is 7.05 Å². The normalized spacial score (nSPS) is 13.0. The lowest BCUT2D eigenvalue weighted by Crippen LogP contribution is -2.31. The van der Waals surface area contributed by atoms with Crippen LogP contribution in [0.5, 0.6) is 0 Å². The third-order valence-electron chi connectivity index (χ3n) is 3.84. The van der Waals surface area contributed by atoms with Crippen LogP contribution in [0.2, 0.25) is 0 Å². The Bertz CT molecular complexity index is 573. The summed E-state index contributed by atoms with van der Waals surface area (Å²) in [6.07, 6.45) is 4.27. The number of carbonyl (C=O) groups excluding carboxylic acids is 1. The minimum atomic E-state index is -3.14. The number of aryl methyl sites for hydroxylation is 1. The third kappa shape index (κ3) is 8.71. The average Bonchev–Trinajstić information content (AvgIpc) is 2.49. The van der Waals surface area contributed by atoms with Crippen molar-refractivity contribution in [1.29, 1.82) is 0 Å². The van der Waals surface area contributed by atoms with Crippen LogP contribution in [0.15, 0.2) is 30.3 Å². The second kappa shape index (κ2) is 9.67. The zero-order valence-corrected chi connectivity index (χ0v) is 15.1. The summed E-state index contributed by atoms with van der Waals surface area (Å²) in [7, 11) is -1.59. The molecule has 0 radical (unpaired) electrons. The number of sulfonamides is 1. The predicted octanol–water partition coefficient (Wildman–Crippen LogP) is 2.04. The van der Waals surface area contributed by atoms with Gasteiger partial charge in [-0.1, -0.05) is 37.3 Å². The van der Waals surface area contributed by atoms with Crippen LogP contribution >= 0.6 is 0 Å². The molecule has 0 aliphatic carbocycles. The smallest absolute Gasteiger partial charge is 0.220 e. The highest BCUT2D eigenvalue weighted by Crippen LogP contribution is 2.12. The summed E-state index contributed by atoms with van der Waals surface area (Å²) >= 11 is 0. The molecular weight excluding hydrogens is 312 g/mol. The number of benzene rings is 1. The van der Waals surface area contributed by atoms with Crippen LogP contribution in [0.25, 0.3) is 0 Å². The number of nitrogens with zero attached hydrogens (tertiary/aromatic N) is 1. The molecule has 23 heavy (non-hydrogen) atoms. The van der Waals surface area contributed by atoms with Crippen molar-refractivity contribution < 1.29 is 13.2 Å². The Balaban J connectivity index is 2.16. The highest BCUT2D eigenvalue weighted by atomic mass is 32.2. The minimum Gasteiger partial charge on any atom is -0.356 e. The Morgan fingerprint density at radius 3 is 2.52 bits per heavy atom. The van der Waals surface area contributed by atoms with Crippen molar-refractivity contribution in [2.45, 2.75) is 32.6 Å². The van der Waals surface area contributed by atoms with Crippen molar-refractivity contribution in [3.8, 4) is 0 Å². The van der Waals surface area contributed by atoms with Gasteiger partial charge in [-0.15, -0.1) is 0 Å². The first-order valence-electron chi connectivity index (χ1n) is 8.01. The molecule has 0 aliphatic rings. The monoisotopic (exact) mass is 340 g/mol. The number of rotatable bonds is 10. The maximum atomic E-state index is 11.9. The number of hydrogen-bond acceptors (Lipinski definition) is 3. The first-order valence-corrected chi connectivity index (χ1v) is 9.86. The van der Waals surface area contributed by atoms with Crippen molar-refractivity contribution in [2.24, 2.45) is 5.92 Å². The second-order valence-electron chi connectivity index (χ2n) is 6.12. The quantitative estimate of drug-likeness (QED) is 0.663. The van der Waals surface area contributed by atoms with Crippen molar-refractivity contribution in [3.63, 3.8) is 0 Å². The molecule has 1 atom stereocenters. The Morgan fingerprint density at radius 2 is 1.91 bits per heavy atom. The van der Waals surface area contributed by atoms with Crippen molar-refractivity contribution in [2.75, 3.05) is 26.4 Å². The lowest BCUT2D eigenvalue weighted by Gasteiger charge is -2.15. The molecular formula is C17H28N2O3S. The second-order valence-corrected chi connectivity index (χ2v) is 8.21. The van der Waals surface area contributed by atoms with E-state index < -0.39 is 10.0 Å². The molecule has 1 amide bonds. The van der Waals surface area contributed by atoms with E-state index in [9.17, 15) is 13.2 Å². The Hall–Kier alpha value is -1.40. The zero-order valence-electron chi connectivity index (χ0n) is 14.3. The van der Waals surface area contributed by atoms with Gasteiger partial charge >= 0.3 is 0 Å². The van der Waals surface area contributed by atoms with Crippen LogP contribution in [0, 0.1) is 5.92 Å². The number of hydrogen-bond donors (Lipinski definition) is 1. The molecule has 0 heterocycles. The molecule has 1 aromatic rings. The fourth-order valence-electron chi connectivity index (χ4n) is 2.24. The van der Waals surface area contributed by atoms with Gasteiger partial charge in [-0.2, -0.15) is 0 Å². The maximum Gasteiger partial charge on any atom is 0.220 e. The molecule has 0 fully saturated rings. The van der Waals surface area contributed by atoms with E-state index in [1.807, 2.05) is 18.2 Å². The Morgan fingerprint density at radius 1 is 1.26 bits per heavy atom. The van der Waals surface area contributed by atoms with Crippen LogP contribution in [-0.2, 0) is 21.2 Å². The third-order valence-corrected chi connectivity index (χ3v) is 5.16. The molecule has 0 saturated carbocycles. The molecule has 0 spiro atoms. The topological polar surface area (TPSA) is 66.5 Å². The van der Waals surface area contributed by atoms with Crippen LogP contribution in [-0.4, -0.2) is 45.0 Å². The van der Waals surface area contributed by atoms with E-state index in [1.165, 1.54) is 16.1 Å².